The molecule has 0 N–H and O–H groups in total. The Balaban J connectivity index is 1.45. The molecule has 10 heteroatoms. The maximum atomic E-state index is 12.9. The molecule has 0 spiro atoms. The van der Waals surface area contributed by atoms with E-state index in [-0.39, 0.29) is 29.0 Å². The van der Waals surface area contributed by atoms with Gasteiger partial charge in [-0.2, -0.15) is 0 Å². The second-order valence-electron chi connectivity index (χ2n) is 8.15. The van der Waals surface area contributed by atoms with Crippen molar-refractivity contribution in [2.75, 3.05) is 27.4 Å². The van der Waals surface area contributed by atoms with Crippen molar-refractivity contribution in [2.45, 2.75) is 6.92 Å². The molecule has 0 radical (unpaired) electrons. The van der Waals surface area contributed by atoms with E-state index in [1.807, 2.05) is 53.8 Å². The number of ether oxygens (including phenoxy) is 4. The third-order valence-corrected chi connectivity index (χ3v) is 7.26. The summed E-state index contributed by atoms with van der Waals surface area (Å²) in [6, 6.07) is 17.5. The number of thioether (sulfide) groups is 1. The van der Waals surface area contributed by atoms with E-state index in [9.17, 15) is 14.4 Å². The number of nitrogens with zero attached hydrogens (tertiary/aromatic N) is 1. The van der Waals surface area contributed by atoms with Crippen molar-refractivity contribution < 1.29 is 33.3 Å². The van der Waals surface area contributed by atoms with E-state index in [4.69, 9.17) is 18.9 Å². The minimum atomic E-state index is -0.550. The Labute approximate surface area is 238 Å². The zero-order chi connectivity index (χ0) is 27.2. The monoisotopic (exact) mass is 645 g/mol. The molecule has 38 heavy (non-hydrogen) atoms. The highest BCUT2D eigenvalue weighted by atomic mass is 127. The average Bonchev–Trinajstić information content (AvgIpc) is 3.18. The molecule has 1 fully saturated rings. The van der Waals surface area contributed by atoms with Gasteiger partial charge in [-0.15, -0.1) is 0 Å². The van der Waals surface area contributed by atoms with Crippen LogP contribution < -0.4 is 18.9 Å². The van der Waals surface area contributed by atoms with Crippen molar-refractivity contribution in [3.63, 3.8) is 0 Å². The first kappa shape index (κ1) is 27.5. The van der Waals surface area contributed by atoms with Crippen LogP contribution in [0.15, 0.2) is 65.6 Å². The van der Waals surface area contributed by atoms with E-state index in [1.165, 1.54) is 7.11 Å². The number of halogens is 1. The minimum absolute atomic E-state index is 0.136. The van der Waals surface area contributed by atoms with Crippen molar-refractivity contribution in [3.8, 4) is 23.0 Å². The Bertz CT molecular complexity index is 1390. The molecule has 0 atom stereocenters. The summed E-state index contributed by atoms with van der Waals surface area (Å²) in [6.07, 6.45) is 1.62. The number of hydrogen-bond donors (Lipinski definition) is 0. The maximum absolute atomic E-state index is 12.9. The first-order valence-electron chi connectivity index (χ1n) is 11.5. The Kier molecular flexibility index (Phi) is 8.95. The van der Waals surface area contributed by atoms with Crippen LogP contribution in [0.2, 0.25) is 0 Å². The van der Waals surface area contributed by atoms with Gasteiger partial charge in [0.05, 0.1) is 34.8 Å². The van der Waals surface area contributed by atoms with Crippen molar-refractivity contribution >= 4 is 57.5 Å². The second kappa shape index (κ2) is 12.4. The lowest BCUT2D eigenvalue weighted by molar-refractivity contribution is -0.123. The number of rotatable bonds is 9. The highest BCUT2D eigenvalue weighted by Crippen LogP contribution is 2.37. The van der Waals surface area contributed by atoms with Crippen molar-refractivity contribution in [3.05, 3.63) is 85.8 Å². The number of carbonyl (C=O) groups excluding carboxylic acids is 3. The predicted molar refractivity (Wildman–Crippen MR) is 153 cm³/mol. The summed E-state index contributed by atoms with van der Waals surface area (Å²) in [5, 5.41) is -0.361. The molecule has 1 heterocycles. The van der Waals surface area contributed by atoms with Gasteiger partial charge < -0.3 is 18.9 Å². The molecule has 0 aromatic heterocycles. The molecule has 3 aromatic rings. The lowest BCUT2D eigenvalue weighted by Gasteiger charge is -2.13. The summed E-state index contributed by atoms with van der Waals surface area (Å²) in [7, 11) is 3.01. The zero-order valence-corrected chi connectivity index (χ0v) is 23.8. The van der Waals surface area contributed by atoms with Crippen LogP contribution in [-0.4, -0.2) is 49.4 Å². The van der Waals surface area contributed by atoms with Crippen LogP contribution in [0.1, 0.15) is 21.5 Å². The maximum Gasteiger partial charge on any atom is 0.343 e. The van der Waals surface area contributed by atoms with Gasteiger partial charge in [0, 0.05) is 0 Å². The van der Waals surface area contributed by atoms with Gasteiger partial charge in [-0.1, -0.05) is 17.7 Å². The first-order chi connectivity index (χ1) is 18.3. The van der Waals surface area contributed by atoms with Gasteiger partial charge in [0.15, 0.2) is 11.5 Å². The van der Waals surface area contributed by atoms with E-state index in [0.717, 1.165) is 22.2 Å². The van der Waals surface area contributed by atoms with Crippen molar-refractivity contribution in [2.24, 2.45) is 0 Å². The number of benzene rings is 3. The van der Waals surface area contributed by atoms with Crippen LogP contribution in [0.4, 0.5) is 4.79 Å². The van der Waals surface area contributed by atoms with Gasteiger partial charge in [-0.3, -0.25) is 14.5 Å². The second-order valence-corrected chi connectivity index (χ2v) is 10.3. The Morgan fingerprint density at radius 3 is 2.32 bits per heavy atom. The van der Waals surface area contributed by atoms with Crippen molar-refractivity contribution in [1.82, 2.24) is 4.90 Å². The lowest BCUT2D eigenvalue weighted by Crippen LogP contribution is -2.32. The van der Waals surface area contributed by atoms with Crippen LogP contribution in [0.25, 0.3) is 6.08 Å². The predicted octanol–water partition coefficient (Wildman–Crippen LogP) is 5.95. The molecule has 1 aliphatic heterocycles. The van der Waals surface area contributed by atoms with E-state index in [1.54, 1.807) is 49.6 Å². The summed E-state index contributed by atoms with van der Waals surface area (Å²) >= 11 is 2.90. The molecule has 0 bridgehead atoms. The third-order valence-electron chi connectivity index (χ3n) is 5.55. The number of carbonyl (C=O) groups is 3. The van der Waals surface area contributed by atoms with Crippen LogP contribution in [0.5, 0.6) is 23.0 Å². The van der Waals surface area contributed by atoms with Crippen LogP contribution >= 0.6 is 34.4 Å². The van der Waals surface area contributed by atoms with Crippen molar-refractivity contribution in [1.29, 1.82) is 0 Å². The highest BCUT2D eigenvalue weighted by molar-refractivity contribution is 14.1. The van der Waals surface area contributed by atoms with Crippen LogP contribution in [0.3, 0.4) is 0 Å². The fourth-order valence-corrected chi connectivity index (χ4v) is 5.13. The van der Waals surface area contributed by atoms with Gasteiger partial charge in [0.1, 0.15) is 18.1 Å². The molecule has 1 aliphatic rings. The third kappa shape index (κ3) is 6.48. The topological polar surface area (TPSA) is 91.4 Å². The van der Waals surface area contributed by atoms with Gasteiger partial charge in [-0.05, 0) is 101 Å². The molecular weight excluding hydrogens is 621 g/mol. The van der Waals surface area contributed by atoms with Crippen LogP contribution in [-0.2, 0) is 4.79 Å². The Morgan fingerprint density at radius 2 is 1.66 bits per heavy atom. The molecule has 1 saturated heterocycles. The quantitative estimate of drug-likeness (QED) is 0.122. The smallest absolute Gasteiger partial charge is 0.343 e. The van der Waals surface area contributed by atoms with E-state index in [0.29, 0.717) is 31.9 Å². The van der Waals surface area contributed by atoms with Crippen LogP contribution in [0, 0.1) is 10.5 Å². The molecule has 4 rings (SSSR count). The van der Waals surface area contributed by atoms with Gasteiger partial charge in [0.25, 0.3) is 11.1 Å². The van der Waals surface area contributed by atoms with Gasteiger partial charge >= 0.3 is 5.97 Å². The molecular formula is C28H24INO7S. The summed E-state index contributed by atoms with van der Waals surface area (Å²) in [5.74, 6) is 0.930. The molecule has 0 saturated carbocycles. The summed E-state index contributed by atoms with van der Waals surface area (Å²) in [6.45, 7) is 2.31. The number of esters is 1. The fourth-order valence-electron chi connectivity index (χ4n) is 3.53. The largest absolute Gasteiger partial charge is 0.497 e. The fraction of sp³-hybridized carbons (Fsp3) is 0.179. The molecule has 2 amide bonds. The van der Waals surface area contributed by atoms with Gasteiger partial charge in [0.2, 0.25) is 0 Å². The highest BCUT2D eigenvalue weighted by Gasteiger charge is 2.35. The average molecular weight is 645 g/mol. The van der Waals surface area contributed by atoms with Gasteiger partial charge in [-0.25, -0.2) is 4.79 Å². The Morgan fingerprint density at radius 1 is 0.974 bits per heavy atom. The number of amides is 2. The molecule has 196 valence electrons. The number of aryl methyl sites for hydroxylation is 1. The molecule has 0 aliphatic carbocycles. The minimum Gasteiger partial charge on any atom is -0.497 e. The summed E-state index contributed by atoms with van der Waals surface area (Å²) < 4.78 is 22.5. The lowest BCUT2D eigenvalue weighted by atomic mass is 10.1. The number of methoxy groups -OCH3 is 2. The van der Waals surface area contributed by atoms with E-state index in [2.05, 4.69) is 0 Å². The number of imide groups is 1. The standard InChI is InChI=1S/C28H24INO7S/c1-17-4-8-21(9-5-17)36-13-12-30-26(31)24(38-28(30)33)16-18-14-22(29)25(23(15-18)35-3)37-27(32)19-6-10-20(34-2)11-7-19/h4-11,14-16H,12-13H2,1-3H3/b24-16-. The Hall–Kier alpha value is -3.51. The van der Waals surface area contributed by atoms with E-state index < -0.39 is 11.9 Å². The number of hydrogen-bond acceptors (Lipinski definition) is 8. The summed E-state index contributed by atoms with van der Waals surface area (Å²) in [4.78, 5) is 39.5. The van der Waals surface area contributed by atoms with E-state index >= 15 is 0 Å². The summed E-state index contributed by atoms with van der Waals surface area (Å²) in [5.41, 5.74) is 2.09. The SMILES string of the molecule is COc1ccc(C(=O)Oc2c(I)cc(/C=C3\SC(=O)N(CCOc4ccc(C)cc4)C3=O)cc2OC)cc1. The first-order valence-corrected chi connectivity index (χ1v) is 13.4. The molecule has 8 nitrogen and oxygen atoms in total. The normalized spacial score (nSPS) is 14.1. The molecule has 0 unspecified atom stereocenters. The zero-order valence-electron chi connectivity index (χ0n) is 20.9. The molecule has 3 aromatic carbocycles.